The van der Waals surface area contributed by atoms with E-state index in [0.29, 0.717) is 0 Å². The molecule has 0 aromatic carbocycles. The third kappa shape index (κ3) is 2.53. The number of piperazine rings is 1. The zero-order valence-electron chi connectivity index (χ0n) is 10.6. The molecule has 1 fully saturated rings. The smallest absolute Gasteiger partial charge is 0.0767 e. The SMILES string of the molecule is C#CC(C)(C)N1CCNC(CC)(CC)C1. The van der Waals surface area contributed by atoms with Crippen LogP contribution in [0.4, 0.5) is 0 Å². The first-order valence-corrected chi connectivity index (χ1v) is 5.97. The van der Waals surface area contributed by atoms with Crippen LogP contribution in [0, 0.1) is 12.3 Å². The highest BCUT2D eigenvalue weighted by molar-refractivity contribution is 5.11. The Hall–Kier alpha value is -0.520. The van der Waals surface area contributed by atoms with Crippen LogP contribution in [0.25, 0.3) is 0 Å². The zero-order valence-corrected chi connectivity index (χ0v) is 10.6. The van der Waals surface area contributed by atoms with Crippen molar-refractivity contribution < 1.29 is 0 Å². The normalized spacial score (nSPS) is 22.3. The minimum Gasteiger partial charge on any atom is -0.309 e. The molecule has 1 rings (SSSR count). The Kier molecular flexibility index (Phi) is 3.81. The summed E-state index contributed by atoms with van der Waals surface area (Å²) >= 11 is 0. The molecule has 86 valence electrons. The molecule has 0 aliphatic carbocycles. The molecule has 1 aliphatic rings. The highest BCUT2D eigenvalue weighted by Gasteiger charge is 2.36. The summed E-state index contributed by atoms with van der Waals surface area (Å²) in [5.41, 5.74) is 0.157. The van der Waals surface area contributed by atoms with E-state index in [-0.39, 0.29) is 11.1 Å². The molecule has 1 N–H and O–H groups in total. The summed E-state index contributed by atoms with van der Waals surface area (Å²) in [5.74, 6) is 2.90. The van der Waals surface area contributed by atoms with Gasteiger partial charge >= 0.3 is 0 Å². The van der Waals surface area contributed by atoms with Gasteiger partial charge in [-0.25, -0.2) is 0 Å². The second kappa shape index (κ2) is 4.55. The van der Waals surface area contributed by atoms with Crippen LogP contribution in [0.2, 0.25) is 0 Å². The first-order chi connectivity index (χ1) is 6.99. The molecule has 0 aromatic rings. The molecule has 2 nitrogen and oxygen atoms in total. The first kappa shape index (κ1) is 12.5. The van der Waals surface area contributed by atoms with Crippen molar-refractivity contribution in [2.75, 3.05) is 19.6 Å². The molecule has 1 saturated heterocycles. The van der Waals surface area contributed by atoms with Crippen LogP contribution in [-0.2, 0) is 0 Å². The molecule has 0 amide bonds. The van der Waals surface area contributed by atoms with Gasteiger partial charge in [0.15, 0.2) is 0 Å². The van der Waals surface area contributed by atoms with Gasteiger partial charge in [0.1, 0.15) is 0 Å². The number of hydrogen-bond donors (Lipinski definition) is 1. The van der Waals surface area contributed by atoms with E-state index in [9.17, 15) is 0 Å². The van der Waals surface area contributed by atoms with Crippen molar-refractivity contribution in [2.24, 2.45) is 0 Å². The van der Waals surface area contributed by atoms with Gasteiger partial charge in [-0.05, 0) is 26.7 Å². The summed E-state index contributed by atoms with van der Waals surface area (Å²) in [6.07, 6.45) is 7.93. The maximum absolute atomic E-state index is 5.60. The van der Waals surface area contributed by atoms with Crippen LogP contribution in [0.15, 0.2) is 0 Å². The number of nitrogens with zero attached hydrogens (tertiary/aromatic N) is 1. The highest BCUT2D eigenvalue weighted by Crippen LogP contribution is 2.24. The lowest BCUT2D eigenvalue weighted by molar-refractivity contribution is 0.0704. The van der Waals surface area contributed by atoms with E-state index in [2.05, 4.69) is 43.8 Å². The van der Waals surface area contributed by atoms with Crippen LogP contribution in [0.5, 0.6) is 0 Å². The quantitative estimate of drug-likeness (QED) is 0.712. The van der Waals surface area contributed by atoms with Gasteiger partial charge in [-0.3, -0.25) is 4.90 Å². The topological polar surface area (TPSA) is 15.3 Å². The Labute approximate surface area is 94.4 Å². The van der Waals surface area contributed by atoms with Crippen LogP contribution >= 0.6 is 0 Å². The summed E-state index contributed by atoms with van der Waals surface area (Å²) in [6.45, 7) is 11.9. The van der Waals surface area contributed by atoms with Gasteiger partial charge < -0.3 is 5.32 Å². The zero-order chi connectivity index (χ0) is 11.5. The summed E-state index contributed by atoms with van der Waals surface area (Å²) in [6, 6.07) is 0. The van der Waals surface area contributed by atoms with E-state index in [1.165, 1.54) is 12.8 Å². The fourth-order valence-corrected chi connectivity index (χ4v) is 2.25. The fourth-order valence-electron chi connectivity index (χ4n) is 2.25. The van der Waals surface area contributed by atoms with Gasteiger partial charge in [0.25, 0.3) is 0 Å². The van der Waals surface area contributed by atoms with E-state index in [1.807, 2.05) is 0 Å². The molecule has 15 heavy (non-hydrogen) atoms. The lowest BCUT2D eigenvalue weighted by atomic mass is 9.88. The van der Waals surface area contributed by atoms with E-state index in [4.69, 9.17) is 6.42 Å². The molecule has 0 unspecified atom stereocenters. The Morgan fingerprint density at radius 2 is 2.00 bits per heavy atom. The molecular weight excluding hydrogens is 184 g/mol. The van der Waals surface area contributed by atoms with Crippen molar-refractivity contribution in [3.05, 3.63) is 0 Å². The van der Waals surface area contributed by atoms with Crippen LogP contribution < -0.4 is 5.32 Å². The minimum atomic E-state index is -0.113. The van der Waals surface area contributed by atoms with Gasteiger partial charge in [-0.15, -0.1) is 6.42 Å². The van der Waals surface area contributed by atoms with Crippen molar-refractivity contribution in [3.8, 4) is 12.3 Å². The molecule has 0 aromatic heterocycles. The maximum atomic E-state index is 5.60. The molecular formula is C13H24N2. The van der Waals surface area contributed by atoms with Crippen molar-refractivity contribution in [1.82, 2.24) is 10.2 Å². The van der Waals surface area contributed by atoms with Crippen molar-refractivity contribution in [1.29, 1.82) is 0 Å². The van der Waals surface area contributed by atoms with Crippen LogP contribution in [0.3, 0.4) is 0 Å². The third-order valence-electron chi connectivity index (χ3n) is 3.87. The van der Waals surface area contributed by atoms with Crippen molar-refractivity contribution in [2.45, 2.75) is 51.6 Å². The minimum absolute atomic E-state index is 0.113. The predicted molar refractivity (Wildman–Crippen MR) is 65.8 cm³/mol. The number of nitrogens with one attached hydrogen (secondary N) is 1. The Balaban J connectivity index is 2.76. The van der Waals surface area contributed by atoms with Gasteiger partial charge in [0.05, 0.1) is 5.54 Å². The standard InChI is InChI=1S/C13H24N2/c1-6-12(4,5)15-10-9-14-13(7-2,8-3)11-15/h1,14H,7-11H2,2-5H3. The fraction of sp³-hybridized carbons (Fsp3) is 0.846. The monoisotopic (exact) mass is 208 g/mol. The summed E-state index contributed by atoms with van der Waals surface area (Å²) in [7, 11) is 0. The second-order valence-corrected chi connectivity index (χ2v) is 5.04. The second-order valence-electron chi connectivity index (χ2n) is 5.04. The summed E-state index contributed by atoms with van der Waals surface area (Å²) in [5, 5.41) is 3.65. The summed E-state index contributed by atoms with van der Waals surface area (Å²) in [4.78, 5) is 2.43. The van der Waals surface area contributed by atoms with Gasteiger partial charge in [-0.2, -0.15) is 0 Å². The average molecular weight is 208 g/mol. The molecule has 2 heteroatoms. The third-order valence-corrected chi connectivity index (χ3v) is 3.87. The lowest BCUT2D eigenvalue weighted by Gasteiger charge is -2.47. The molecule has 0 saturated carbocycles. The predicted octanol–water partition coefficient (Wildman–Crippen LogP) is 1.86. The van der Waals surface area contributed by atoms with E-state index < -0.39 is 0 Å². The van der Waals surface area contributed by atoms with Crippen molar-refractivity contribution in [3.63, 3.8) is 0 Å². The van der Waals surface area contributed by atoms with Gasteiger partial charge in [0, 0.05) is 25.2 Å². The van der Waals surface area contributed by atoms with Crippen molar-refractivity contribution >= 4 is 0 Å². The lowest BCUT2D eigenvalue weighted by Crippen LogP contribution is -2.63. The van der Waals surface area contributed by atoms with Crippen LogP contribution in [0.1, 0.15) is 40.5 Å². The number of hydrogen-bond acceptors (Lipinski definition) is 2. The largest absolute Gasteiger partial charge is 0.309 e. The van der Waals surface area contributed by atoms with E-state index in [1.54, 1.807) is 0 Å². The van der Waals surface area contributed by atoms with Crippen LogP contribution in [-0.4, -0.2) is 35.6 Å². The summed E-state index contributed by atoms with van der Waals surface area (Å²) < 4.78 is 0. The Morgan fingerprint density at radius 3 is 2.47 bits per heavy atom. The Bertz CT molecular complexity index is 246. The molecule has 1 heterocycles. The average Bonchev–Trinajstić information content (AvgIpc) is 2.29. The Morgan fingerprint density at radius 1 is 1.40 bits per heavy atom. The molecule has 1 aliphatic heterocycles. The molecule has 0 spiro atoms. The molecule has 0 atom stereocenters. The number of terminal acetylenes is 1. The first-order valence-electron chi connectivity index (χ1n) is 5.97. The molecule has 0 bridgehead atoms. The number of rotatable bonds is 3. The maximum Gasteiger partial charge on any atom is 0.0767 e. The molecule has 0 radical (unpaired) electrons. The van der Waals surface area contributed by atoms with Gasteiger partial charge in [0.2, 0.25) is 0 Å². The highest BCUT2D eigenvalue weighted by atomic mass is 15.3. The van der Waals surface area contributed by atoms with E-state index >= 15 is 0 Å². The van der Waals surface area contributed by atoms with Gasteiger partial charge in [-0.1, -0.05) is 19.8 Å². The van der Waals surface area contributed by atoms with E-state index in [0.717, 1.165) is 19.6 Å².